The Labute approximate surface area is 175 Å². The van der Waals surface area contributed by atoms with E-state index in [9.17, 15) is 14.7 Å². The SMILES string of the molecule is [2H]C1([2H])C[C@@]2(C)[C@H](C[C@@H](O)C3[C@@H]2CC[C@]2(C)[C@@H]([C@H](C)CCC(=O)O)CC[C@@H]32)C([2H])([2H])C1=O. The third-order valence-electron chi connectivity index (χ3n) is 9.41. The summed E-state index contributed by atoms with van der Waals surface area (Å²) in [6.07, 6.45) is -0.390. The Balaban J connectivity index is 1.65. The van der Waals surface area contributed by atoms with Crippen molar-refractivity contribution in [3.63, 3.8) is 0 Å². The number of hydrogen-bond donors (Lipinski definition) is 2. The van der Waals surface area contributed by atoms with Gasteiger partial charge in [0.1, 0.15) is 5.78 Å². The molecule has 0 amide bonds. The minimum absolute atomic E-state index is 0.00574. The van der Waals surface area contributed by atoms with E-state index < -0.39 is 41.9 Å². The summed E-state index contributed by atoms with van der Waals surface area (Å²) in [6, 6.07) is 0. The van der Waals surface area contributed by atoms with Crippen LogP contribution in [0.25, 0.3) is 0 Å². The minimum Gasteiger partial charge on any atom is -0.481 e. The predicted octanol–water partition coefficient (Wildman–Crippen LogP) is 4.69. The Kier molecular flexibility index (Phi) is 4.03. The number of Topliss-reactive ketones (excluding diaryl/α,β-unsaturated/α-hetero) is 1. The van der Waals surface area contributed by atoms with E-state index in [1.54, 1.807) is 0 Å². The summed E-state index contributed by atoms with van der Waals surface area (Å²) in [5.74, 6) is -1.48. The maximum atomic E-state index is 12.6. The third kappa shape index (κ3) is 3.05. The number of carbonyl (C=O) groups is 2. The molecule has 0 bridgehead atoms. The lowest BCUT2D eigenvalue weighted by Crippen LogP contribution is -2.58. The molecule has 158 valence electrons. The number of aliphatic carboxylic acids is 1. The molecule has 9 atom stereocenters. The van der Waals surface area contributed by atoms with E-state index in [-0.39, 0.29) is 48.3 Å². The van der Waals surface area contributed by atoms with Crippen molar-refractivity contribution >= 4 is 11.8 Å². The van der Waals surface area contributed by atoms with Gasteiger partial charge in [-0.25, -0.2) is 0 Å². The highest BCUT2D eigenvalue weighted by Gasteiger charge is 2.62. The van der Waals surface area contributed by atoms with Crippen molar-refractivity contribution in [3.8, 4) is 0 Å². The van der Waals surface area contributed by atoms with Crippen LogP contribution < -0.4 is 0 Å². The first kappa shape index (κ1) is 15.9. The Morgan fingerprint density at radius 2 is 1.93 bits per heavy atom. The number of rotatable bonds is 4. The number of carboxylic acids is 1. The zero-order valence-electron chi connectivity index (χ0n) is 21.4. The van der Waals surface area contributed by atoms with Crippen molar-refractivity contribution in [2.75, 3.05) is 0 Å². The van der Waals surface area contributed by atoms with E-state index in [1.807, 2.05) is 6.92 Å². The summed E-state index contributed by atoms with van der Waals surface area (Å²) >= 11 is 0. The van der Waals surface area contributed by atoms with Crippen molar-refractivity contribution in [3.05, 3.63) is 0 Å². The number of carbonyl (C=O) groups excluding carboxylic acids is 1. The van der Waals surface area contributed by atoms with Crippen LogP contribution in [-0.2, 0) is 9.59 Å². The average molecular weight is 395 g/mol. The summed E-state index contributed by atoms with van der Waals surface area (Å²) < 4.78 is 33.6. The summed E-state index contributed by atoms with van der Waals surface area (Å²) in [7, 11) is 0. The molecule has 4 nitrogen and oxygen atoms in total. The molecule has 0 spiro atoms. The lowest BCUT2D eigenvalue weighted by molar-refractivity contribution is -0.169. The fourth-order valence-electron chi connectivity index (χ4n) is 7.91. The summed E-state index contributed by atoms with van der Waals surface area (Å²) in [5, 5.41) is 20.4. The molecule has 0 aliphatic heterocycles. The molecule has 0 saturated heterocycles. The fraction of sp³-hybridized carbons (Fsp3) is 0.917. The molecule has 0 aromatic rings. The first-order valence-corrected chi connectivity index (χ1v) is 11.1. The molecule has 1 unspecified atom stereocenters. The van der Waals surface area contributed by atoms with Gasteiger partial charge in [-0.15, -0.1) is 0 Å². The van der Waals surface area contributed by atoms with Gasteiger partial charge in [-0.3, -0.25) is 9.59 Å². The quantitative estimate of drug-likeness (QED) is 0.725. The zero-order chi connectivity index (χ0) is 23.9. The van der Waals surface area contributed by atoms with Gasteiger partial charge in [0.2, 0.25) is 0 Å². The van der Waals surface area contributed by atoms with Gasteiger partial charge in [0, 0.05) is 24.6 Å². The fourth-order valence-corrected chi connectivity index (χ4v) is 7.91. The van der Waals surface area contributed by atoms with Crippen molar-refractivity contribution in [2.45, 2.75) is 91.0 Å². The van der Waals surface area contributed by atoms with Crippen molar-refractivity contribution in [2.24, 2.45) is 46.3 Å². The van der Waals surface area contributed by atoms with Crippen LogP contribution in [0.2, 0.25) is 0 Å². The molecule has 4 rings (SSSR count). The van der Waals surface area contributed by atoms with E-state index in [4.69, 9.17) is 10.6 Å². The lowest BCUT2D eigenvalue weighted by Gasteiger charge is -2.62. The largest absolute Gasteiger partial charge is 0.481 e. The normalized spacial score (nSPS) is 54.8. The maximum Gasteiger partial charge on any atom is 0.303 e. The molecule has 4 aliphatic rings. The van der Waals surface area contributed by atoms with E-state index >= 15 is 0 Å². The first-order valence-electron chi connectivity index (χ1n) is 13.1. The van der Waals surface area contributed by atoms with Gasteiger partial charge in [0.15, 0.2) is 0 Å². The van der Waals surface area contributed by atoms with Gasteiger partial charge in [-0.05, 0) is 91.3 Å². The first-order chi connectivity index (χ1) is 14.7. The Morgan fingerprint density at radius 3 is 2.64 bits per heavy atom. The second-order valence-electron chi connectivity index (χ2n) is 10.6. The molecule has 2 N–H and O–H groups in total. The van der Waals surface area contributed by atoms with E-state index in [1.165, 1.54) is 0 Å². The van der Waals surface area contributed by atoms with Crippen LogP contribution in [0.3, 0.4) is 0 Å². The highest BCUT2D eigenvalue weighted by Crippen LogP contribution is 2.68. The number of aliphatic hydroxyl groups is 1. The van der Waals surface area contributed by atoms with Crippen LogP contribution in [0, 0.1) is 46.3 Å². The van der Waals surface area contributed by atoms with Crippen LogP contribution in [0.5, 0.6) is 0 Å². The molecule has 0 aromatic carbocycles. The Hall–Kier alpha value is -0.900. The molecule has 0 radical (unpaired) electrons. The van der Waals surface area contributed by atoms with Gasteiger partial charge in [0.05, 0.1) is 6.10 Å². The van der Waals surface area contributed by atoms with Crippen LogP contribution >= 0.6 is 0 Å². The second-order valence-corrected chi connectivity index (χ2v) is 10.6. The van der Waals surface area contributed by atoms with Crippen LogP contribution in [0.4, 0.5) is 0 Å². The van der Waals surface area contributed by atoms with Crippen LogP contribution in [0.1, 0.15) is 90.4 Å². The van der Waals surface area contributed by atoms with Gasteiger partial charge < -0.3 is 10.2 Å². The Morgan fingerprint density at radius 1 is 1.21 bits per heavy atom. The number of fused-ring (bicyclic) bond motifs is 5. The van der Waals surface area contributed by atoms with Crippen LogP contribution in [-0.4, -0.2) is 28.1 Å². The monoisotopic (exact) mass is 394 g/mol. The van der Waals surface area contributed by atoms with Gasteiger partial charge in [-0.1, -0.05) is 20.8 Å². The smallest absolute Gasteiger partial charge is 0.303 e. The molecule has 28 heavy (non-hydrogen) atoms. The molecule has 0 aromatic heterocycles. The van der Waals surface area contributed by atoms with E-state index in [0.717, 1.165) is 25.7 Å². The number of aliphatic hydroxyl groups excluding tert-OH is 1. The van der Waals surface area contributed by atoms with E-state index in [2.05, 4.69) is 13.8 Å². The molecule has 4 saturated carbocycles. The maximum absolute atomic E-state index is 12.6. The zero-order valence-corrected chi connectivity index (χ0v) is 17.4. The topological polar surface area (TPSA) is 74.6 Å². The number of carboxylic acid groups (broad SMARTS) is 1. The Bertz CT molecular complexity index is 801. The lowest BCUT2D eigenvalue weighted by atomic mass is 9.44. The molecular formula is C24H38O4. The number of hydrogen-bond acceptors (Lipinski definition) is 3. The molecule has 0 heterocycles. The highest BCUT2D eigenvalue weighted by molar-refractivity contribution is 5.79. The predicted molar refractivity (Wildman–Crippen MR) is 108 cm³/mol. The van der Waals surface area contributed by atoms with Gasteiger partial charge >= 0.3 is 5.97 Å². The second kappa shape index (κ2) is 7.11. The third-order valence-corrected chi connectivity index (χ3v) is 9.41. The van der Waals surface area contributed by atoms with E-state index in [0.29, 0.717) is 12.3 Å². The summed E-state index contributed by atoms with van der Waals surface area (Å²) in [4.78, 5) is 23.7. The highest BCUT2D eigenvalue weighted by atomic mass is 16.4. The summed E-state index contributed by atoms with van der Waals surface area (Å²) in [5.41, 5.74) is -0.662. The summed E-state index contributed by atoms with van der Waals surface area (Å²) in [6.45, 7) is 6.42. The van der Waals surface area contributed by atoms with Gasteiger partial charge in [-0.2, -0.15) is 0 Å². The number of ketones is 1. The van der Waals surface area contributed by atoms with Gasteiger partial charge in [0.25, 0.3) is 0 Å². The van der Waals surface area contributed by atoms with Crippen molar-refractivity contribution in [1.82, 2.24) is 0 Å². The molecule has 4 fully saturated rings. The minimum atomic E-state index is -2.27. The van der Waals surface area contributed by atoms with Crippen molar-refractivity contribution in [1.29, 1.82) is 0 Å². The van der Waals surface area contributed by atoms with Crippen LogP contribution in [0.15, 0.2) is 0 Å². The molecule has 4 aliphatic carbocycles. The molecule has 4 heteroatoms. The molecular weight excluding hydrogens is 352 g/mol. The standard InChI is InChI=1S/C24H38O4/c1-14(4-7-21(27)28)17-5-6-18-22-19(9-11-24(17,18)3)23(2)10-8-16(25)12-15(23)13-20(22)26/h14-15,17-20,22,26H,4-13H2,1-3H3,(H,27,28)/t14-,15+,17-,18+,19+,20-,22?,23+,24-/m1/s1/i8D2,12D2. The van der Waals surface area contributed by atoms with Crippen molar-refractivity contribution < 1.29 is 25.3 Å². The average Bonchev–Trinajstić information content (AvgIpc) is 3.03.